The number of alkyl halides is 3. The molecule has 14 heteroatoms. The molecule has 0 saturated carbocycles. The predicted octanol–water partition coefficient (Wildman–Crippen LogP) is 3.44. The molecule has 1 N–H and O–H groups in total. The van der Waals surface area contributed by atoms with Crippen molar-refractivity contribution in [2.24, 2.45) is 0 Å². The zero-order chi connectivity index (χ0) is 20.5. The Morgan fingerprint density at radius 2 is 2.11 bits per heavy atom. The molecule has 0 saturated heterocycles. The second-order valence-corrected chi connectivity index (χ2v) is 6.58. The number of non-ortho nitro benzene ring substituents is 1. The number of thioether (sulfide) groups is 1. The van der Waals surface area contributed by atoms with Gasteiger partial charge in [-0.15, -0.1) is 5.10 Å². The molecule has 0 aliphatic carbocycles. The first kappa shape index (κ1) is 19.8. The number of hydrogen-bond donors (Lipinski definition) is 1. The van der Waals surface area contributed by atoms with Crippen LogP contribution in [0.2, 0.25) is 5.02 Å². The molecular weight excluding hydrogens is 425 g/mol. The summed E-state index contributed by atoms with van der Waals surface area (Å²) < 4.78 is 39.0. The molecule has 9 nitrogen and oxygen atoms in total. The van der Waals surface area contributed by atoms with Gasteiger partial charge < -0.3 is 5.32 Å². The number of rotatable bonds is 5. The fourth-order valence-corrected chi connectivity index (χ4v) is 2.88. The number of nitrogens with one attached hydrogen (secondary N) is 1. The molecule has 3 rings (SSSR count). The highest BCUT2D eigenvalue weighted by Crippen LogP contribution is 2.29. The van der Waals surface area contributed by atoms with Crippen LogP contribution in [0.5, 0.6) is 0 Å². The average molecular weight is 433 g/mol. The Labute approximate surface area is 163 Å². The van der Waals surface area contributed by atoms with Gasteiger partial charge in [0.25, 0.3) is 5.69 Å². The quantitative estimate of drug-likeness (QED) is 0.373. The van der Waals surface area contributed by atoms with Crippen LogP contribution in [-0.4, -0.2) is 36.2 Å². The zero-order valence-electron chi connectivity index (χ0n) is 13.5. The lowest BCUT2D eigenvalue weighted by atomic mass is 10.3. The molecule has 1 aromatic carbocycles. The lowest BCUT2D eigenvalue weighted by Gasteiger charge is -2.06. The van der Waals surface area contributed by atoms with E-state index in [2.05, 4.69) is 20.4 Å². The monoisotopic (exact) mass is 432 g/mol. The van der Waals surface area contributed by atoms with E-state index >= 15 is 0 Å². The van der Waals surface area contributed by atoms with Gasteiger partial charge in [0.05, 0.1) is 21.4 Å². The van der Waals surface area contributed by atoms with Crippen molar-refractivity contribution >= 4 is 46.3 Å². The minimum absolute atomic E-state index is 0.0100. The third-order valence-electron chi connectivity index (χ3n) is 3.27. The van der Waals surface area contributed by atoms with Gasteiger partial charge in [-0.05, 0) is 6.07 Å². The Balaban J connectivity index is 1.65. The first-order valence-corrected chi connectivity index (χ1v) is 8.66. The summed E-state index contributed by atoms with van der Waals surface area (Å²) in [5.74, 6) is -0.669. The van der Waals surface area contributed by atoms with Crippen molar-refractivity contribution in [3.05, 3.63) is 51.4 Å². The highest BCUT2D eigenvalue weighted by Gasteiger charge is 2.33. The first-order valence-electron chi connectivity index (χ1n) is 7.29. The van der Waals surface area contributed by atoms with Gasteiger partial charge in [0, 0.05) is 18.2 Å². The minimum atomic E-state index is -4.61. The fourth-order valence-electron chi connectivity index (χ4n) is 2.03. The summed E-state index contributed by atoms with van der Waals surface area (Å²) in [6.07, 6.45) is -3.73. The van der Waals surface area contributed by atoms with Crippen LogP contribution in [0.4, 0.5) is 24.5 Å². The van der Waals surface area contributed by atoms with E-state index in [0.29, 0.717) is 0 Å². The molecule has 1 amide bonds. The number of carbonyl (C=O) groups is 1. The van der Waals surface area contributed by atoms with Crippen molar-refractivity contribution in [2.75, 3.05) is 11.1 Å². The Morgan fingerprint density at radius 3 is 2.75 bits per heavy atom. The number of fused-ring (bicyclic) bond motifs is 1. The average Bonchev–Trinajstić information content (AvgIpc) is 3.03. The normalized spacial score (nSPS) is 11.6. The van der Waals surface area contributed by atoms with Gasteiger partial charge in [-0.1, -0.05) is 23.4 Å². The first-order chi connectivity index (χ1) is 13.1. The third-order valence-corrected chi connectivity index (χ3v) is 4.42. The Morgan fingerprint density at radius 1 is 1.36 bits per heavy atom. The summed E-state index contributed by atoms with van der Waals surface area (Å²) in [4.78, 5) is 29.2. The molecule has 3 aromatic rings. The second kappa shape index (κ2) is 7.59. The summed E-state index contributed by atoms with van der Waals surface area (Å²) >= 11 is 6.77. The van der Waals surface area contributed by atoms with Crippen LogP contribution in [0.25, 0.3) is 5.65 Å². The summed E-state index contributed by atoms with van der Waals surface area (Å²) in [5.41, 5.74) is -1.21. The number of nitro groups is 1. The van der Waals surface area contributed by atoms with E-state index in [0.717, 1.165) is 34.7 Å². The van der Waals surface area contributed by atoms with Crippen LogP contribution in [0.3, 0.4) is 0 Å². The second-order valence-electron chi connectivity index (χ2n) is 5.23. The van der Waals surface area contributed by atoms with E-state index in [9.17, 15) is 28.1 Å². The highest BCUT2D eigenvalue weighted by atomic mass is 35.5. The van der Waals surface area contributed by atoms with Crippen molar-refractivity contribution < 1.29 is 22.9 Å². The number of hydrogen-bond acceptors (Lipinski definition) is 7. The number of amides is 1. The molecular formula is C14H8ClF3N6O3S. The van der Waals surface area contributed by atoms with Crippen molar-refractivity contribution in [1.29, 1.82) is 0 Å². The van der Waals surface area contributed by atoms with E-state index < -0.39 is 22.7 Å². The van der Waals surface area contributed by atoms with Crippen molar-refractivity contribution in [3.63, 3.8) is 0 Å². The molecule has 0 unspecified atom stereocenters. The highest BCUT2D eigenvalue weighted by molar-refractivity contribution is 7.99. The smallest absolute Gasteiger partial charge is 0.324 e. The molecule has 146 valence electrons. The van der Waals surface area contributed by atoms with Crippen LogP contribution < -0.4 is 5.32 Å². The zero-order valence-corrected chi connectivity index (χ0v) is 15.0. The molecule has 0 bridgehead atoms. The maximum Gasteiger partial charge on any atom is 0.433 e. The standard InChI is InChI=1S/C14H8ClF3N6O3S/c15-8-3-7(24(26)27)1-2-9(8)20-12(25)5-28-13-21-11-4-10(14(16,17)18)19-6-23(11)22-13/h1-4,6H,5H2,(H,20,25). The molecule has 28 heavy (non-hydrogen) atoms. The predicted molar refractivity (Wildman–Crippen MR) is 93.2 cm³/mol. The SMILES string of the molecule is O=C(CSc1nc2cc(C(F)(F)F)ncn2n1)Nc1ccc([N+](=O)[O-])cc1Cl. The number of aromatic nitrogens is 4. The van der Waals surface area contributed by atoms with Gasteiger partial charge in [0.15, 0.2) is 5.65 Å². The van der Waals surface area contributed by atoms with Crippen LogP contribution in [-0.2, 0) is 11.0 Å². The fraction of sp³-hybridized carbons (Fsp3) is 0.143. The third kappa shape index (κ3) is 4.48. The number of nitrogens with zero attached hydrogens (tertiary/aromatic N) is 5. The lowest BCUT2D eigenvalue weighted by molar-refractivity contribution is -0.384. The van der Waals surface area contributed by atoms with Crippen molar-refractivity contribution in [3.8, 4) is 0 Å². The van der Waals surface area contributed by atoms with Gasteiger partial charge in [-0.3, -0.25) is 14.9 Å². The lowest BCUT2D eigenvalue weighted by Crippen LogP contribution is -2.14. The molecule has 0 aliphatic rings. The molecule has 0 aliphatic heterocycles. The van der Waals surface area contributed by atoms with Crippen LogP contribution in [0.15, 0.2) is 35.7 Å². The van der Waals surface area contributed by atoms with Crippen LogP contribution in [0, 0.1) is 10.1 Å². The Kier molecular flexibility index (Phi) is 5.38. The largest absolute Gasteiger partial charge is 0.433 e. The number of nitro benzene ring substituents is 1. The summed E-state index contributed by atoms with van der Waals surface area (Å²) in [5, 5.41) is 17.1. The molecule has 2 aromatic heterocycles. The number of halogens is 4. The van der Waals surface area contributed by atoms with Gasteiger partial charge in [-0.25, -0.2) is 14.5 Å². The Hall–Kier alpha value is -2.93. The number of benzene rings is 1. The van der Waals surface area contributed by atoms with Gasteiger partial charge in [0.2, 0.25) is 11.1 Å². The maximum absolute atomic E-state index is 12.7. The molecule has 0 radical (unpaired) electrons. The van der Waals surface area contributed by atoms with Crippen LogP contribution >= 0.6 is 23.4 Å². The molecule has 2 heterocycles. The van der Waals surface area contributed by atoms with E-state index in [-0.39, 0.29) is 33.0 Å². The minimum Gasteiger partial charge on any atom is -0.324 e. The van der Waals surface area contributed by atoms with Gasteiger partial charge >= 0.3 is 6.18 Å². The summed E-state index contributed by atoms with van der Waals surface area (Å²) in [6, 6.07) is 4.31. The molecule has 0 spiro atoms. The van der Waals surface area contributed by atoms with E-state index in [1.165, 1.54) is 12.1 Å². The van der Waals surface area contributed by atoms with Crippen LogP contribution in [0.1, 0.15) is 5.69 Å². The van der Waals surface area contributed by atoms with E-state index in [1.807, 2.05) is 0 Å². The number of carbonyl (C=O) groups excluding carboxylic acids is 1. The molecule has 0 atom stereocenters. The topological polar surface area (TPSA) is 115 Å². The van der Waals surface area contributed by atoms with Crippen molar-refractivity contribution in [2.45, 2.75) is 11.3 Å². The van der Waals surface area contributed by atoms with E-state index in [1.54, 1.807) is 0 Å². The molecule has 0 fully saturated rings. The van der Waals surface area contributed by atoms with Crippen molar-refractivity contribution in [1.82, 2.24) is 19.6 Å². The van der Waals surface area contributed by atoms with Gasteiger partial charge in [0.1, 0.15) is 12.0 Å². The summed E-state index contributed by atoms with van der Waals surface area (Å²) in [7, 11) is 0. The van der Waals surface area contributed by atoms with Gasteiger partial charge in [-0.2, -0.15) is 13.2 Å². The number of anilines is 1. The maximum atomic E-state index is 12.7. The van der Waals surface area contributed by atoms with E-state index in [4.69, 9.17) is 11.6 Å². The Bertz CT molecular complexity index is 1070. The summed E-state index contributed by atoms with van der Waals surface area (Å²) in [6.45, 7) is 0.